The van der Waals surface area contributed by atoms with E-state index in [4.69, 9.17) is 4.74 Å². The Hall–Kier alpha value is -2.61. The van der Waals surface area contributed by atoms with Gasteiger partial charge in [-0.15, -0.1) is 0 Å². The topological polar surface area (TPSA) is 75.7 Å². The second kappa shape index (κ2) is 9.26. The number of nitrogens with one attached hydrogen (secondary N) is 1. The van der Waals surface area contributed by atoms with Crippen LogP contribution in [0.1, 0.15) is 31.2 Å². The van der Waals surface area contributed by atoms with Crippen LogP contribution in [0.5, 0.6) is 5.75 Å². The third-order valence-electron chi connectivity index (χ3n) is 4.86. The van der Waals surface area contributed by atoms with Gasteiger partial charge in [0.2, 0.25) is 0 Å². The van der Waals surface area contributed by atoms with E-state index in [0.29, 0.717) is 11.3 Å². The molecule has 156 valence electrons. The van der Waals surface area contributed by atoms with E-state index in [-0.39, 0.29) is 23.1 Å². The van der Waals surface area contributed by atoms with Crippen molar-refractivity contribution in [3.63, 3.8) is 0 Å². The molecular formula is C21H25FN2O4S. The van der Waals surface area contributed by atoms with Crippen LogP contribution in [0.3, 0.4) is 0 Å². The number of sulfonamides is 1. The first kappa shape index (κ1) is 21.1. The van der Waals surface area contributed by atoms with Crippen molar-refractivity contribution in [1.82, 2.24) is 4.90 Å². The number of likely N-dealkylation sites (tertiary alicyclic amines) is 1. The number of aryl methyl sites for hydroxylation is 1. The first-order valence-corrected chi connectivity index (χ1v) is 11.1. The maximum atomic E-state index is 13.0. The minimum Gasteiger partial charge on any atom is -0.483 e. The summed E-state index contributed by atoms with van der Waals surface area (Å²) in [5.41, 5.74) is 0.878. The largest absolute Gasteiger partial charge is 0.483 e. The van der Waals surface area contributed by atoms with Gasteiger partial charge in [0.05, 0.1) is 4.90 Å². The van der Waals surface area contributed by atoms with Gasteiger partial charge in [0.25, 0.3) is 15.9 Å². The van der Waals surface area contributed by atoms with Gasteiger partial charge in [-0.05, 0) is 67.8 Å². The fourth-order valence-corrected chi connectivity index (χ4v) is 4.38. The van der Waals surface area contributed by atoms with Crippen LogP contribution < -0.4 is 9.46 Å². The van der Waals surface area contributed by atoms with E-state index < -0.39 is 15.8 Å². The van der Waals surface area contributed by atoms with E-state index in [0.717, 1.165) is 38.8 Å². The highest BCUT2D eigenvalue weighted by atomic mass is 32.2. The van der Waals surface area contributed by atoms with Crippen LogP contribution in [0, 0.1) is 12.7 Å². The van der Waals surface area contributed by atoms with Crippen LogP contribution in [0.15, 0.2) is 47.4 Å². The Morgan fingerprint density at radius 2 is 1.72 bits per heavy atom. The highest BCUT2D eigenvalue weighted by Gasteiger charge is 2.18. The van der Waals surface area contributed by atoms with Crippen LogP contribution in [0.25, 0.3) is 0 Å². The van der Waals surface area contributed by atoms with E-state index in [1.807, 2.05) is 4.90 Å². The molecule has 0 aliphatic carbocycles. The molecule has 0 saturated carbocycles. The Bertz CT molecular complexity index is 953. The van der Waals surface area contributed by atoms with Gasteiger partial charge in [0, 0.05) is 18.8 Å². The summed E-state index contributed by atoms with van der Waals surface area (Å²) in [4.78, 5) is 14.2. The Labute approximate surface area is 170 Å². The van der Waals surface area contributed by atoms with Gasteiger partial charge >= 0.3 is 0 Å². The maximum Gasteiger partial charge on any atom is 0.261 e. The smallest absolute Gasteiger partial charge is 0.261 e. The molecule has 2 aromatic rings. The fraction of sp³-hybridized carbons (Fsp3) is 0.381. The Morgan fingerprint density at radius 3 is 2.34 bits per heavy atom. The predicted octanol–water partition coefficient (Wildman–Crippen LogP) is 3.72. The number of anilines is 1. The molecule has 0 unspecified atom stereocenters. The number of hydrogen-bond donors (Lipinski definition) is 1. The lowest BCUT2D eigenvalue weighted by Gasteiger charge is -2.20. The molecule has 1 aliphatic heterocycles. The van der Waals surface area contributed by atoms with Gasteiger partial charge in [-0.1, -0.05) is 12.8 Å². The van der Waals surface area contributed by atoms with Crippen molar-refractivity contribution < 1.29 is 22.3 Å². The summed E-state index contributed by atoms with van der Waals surface area (Å²) < 4.78 is 46.1. The molecule has 1 saturated heterocycles. The number of nitrogens with zero attached hydrogens (tertiary/aromatic N) is 1. The SMILES string of the molecule is Cc1cc(S(=O)(=O)Nc2ccc(F)cc2)ccc1OCC(=O)N1CCCCCC1. The third-order valence-corrected chi connectivity index (χ3v) is 6.24. The molecular weight excluding hydrogens is 395 g/mol. The summed E-state index contributed by atoms with van der Waals surface area (Å²) in [5.74, 6) is -0.0325. The quantitative estimate of drug-likeness (QED) is 0.773. The second-order valence-corrected chi connectivity index (χ2v) is 8.81. The maximum absolute atomic E-state index is 13.0. The molecule has 1 amide bonds. The van der Waals surface area contributed by atoms with E-state index in [1.165, 1.54) is 36.4 Å². The van der Waals surface area contributed by atoms with Crippen LogP contribution in [-0.4, -0.2) is 38.9 Å². The number of halogens is 1. The monoisotopic (exact) mass is 420 g/mol. The first-order valence-electron chi connectivity index (χ1n) is 9.65. The normalized spacial score (nSPS) is 14.9. The Kier molecular flexibility index (Phi) is 6.74. The number of ether oxygens (including phenoxy) is 1. The van der Waals surface area contributed by atoms with Crippen molar-refractivity contribution in [3.8, 4) is 5.75 Å². The number of amides is 1. The summed E-state index contributed by atoms with van der Waals surface area (Å²) in [7, 11) is -3.82. The highest BCUT2D eigenvalue weighted by Crippen LogP contribution is 2.24. The van der Waals surface area contributed by atoms with E-state index >= 15 is 0 Å². The molecule has 29 heavy (non-hydrogen) atoms. The van der Waals surface area contributed by atoms with Crippen molar-refractivity contribution in [2.24, 2.45) is 0 Å². The average Bonchev–Trinajstić information content (AvgIpc) is 2.98. The molecule has 0 bridgehead atoms. The lowest BCUT2D eigenvalue weighted by molar-refractivity contribution is -0.133. The fourth-order valence-electron chi connectivity index (χ4n) is 3.23. The standard InChI is InChI=1S/C21H25FN2O4S/c1-16-14-19(29(26,27)23-18-8-6-17(22)7-9-18)10-11-20(16)28-15-21(25)24-12-4-2-3-5-13-24/h6-11,14,23H,2-5,12-13,15H2,1H3. The Morgan fingerprint density at radius 1 is 1.07 bits per heavy atom. The van der Waals surface area contributed by atoms with Gasteiger partial charge in [-0.25, -0.2) is 12.8 Å². The molecule has 6 nitrogen and oxygen atoms in total. The van der Waals surface area contributed by atoms with E-state index in [1.54, 1.807) is 13.0 Å². The van der Waals surface area contributed by atoms with Crippen LogP contribution in [0.2, 0.25) is 0 Å². The first-order chi connectivity index (χ1) is 13.8. The van der Waals surface area contributed by atoms with Gasteiger partial charge in [-0.2, -0.15) is 0 Å². The number of hydrogen-bond acceptors (Lipinski definition) is 4. The van der Waals surface area contributed by atoms with Crippen LogP contribution >= 0.6 is 0 Å². The molecule has 3 rings (SSSR count). The second-order valence-electron chi connectivity index (χ2n) is 7.12. The molecule has 8 heteroatoms. The molecule has 0 aromatic heterocycles. The molecule has 1 N–H and O–H groups in total. The minimum absolute atomic E-state index is 0.0547. The molecule has 0 radical (unpaired) electrons. The van der Waals surface area contributed by atoms with Crippen molar-refractivity contribution >= 4 is 21.6 Å². The predicted molar refractivity (Wildman–Crippen MR) is 109 cm³/mol. The molecule has 1 heterocycles. The molecule has 0 atom stereocenters. The summed E-state index contributed by atoms with van der Waals surface area (Å²) in [6.07, 6.45) is 4.31. The number of benzene rings is 2. The van der Waals surface area contributed by atoms with E-state index in [9.17, 15) is 17.6 Å². The molecule has 0 spiro atoms. The van der Waals surface area contributed by atoms with Crippen molar-refractivity contribution in [2.75, 3.05) is 24.4 Å². The van der Waals surface area contributed by atoms with Crippen LogP contribution in [0.4, 0.5) is 10.1 Å². The summed E-state index contributed by atoms with van der Waals surface area (Å²) in [6.45, 7) is 3.17. The number of carbonyl (C=O) groups excluding carboxylic acids is 1. The lowest BCUT2D eigenvalue weighted by Crippen LogP contribution is -2.35. The highest BCUT2D eigenvalue weighted by molar-refractivity contribution is 7.92. The molecule has 2 aromatic carbocycles. The zero-order valence-electron chi connectivity index (χ0n) is 16.4. The molecule has 1 fully saturated rings. The lowest BCUT2D eigenvalue weighted by atomic mass is 10.2. The minimum atomic E-state index is -3.82. The van der Waals surface area contributed by atoms with Crippen molar-refractivity contribution in [1.29, 1.82) is 0 Å². The zero-order chi connectivity index (χ0) is 20.9. The van der Waals surface area contributed by atoms with Crippen molar-refractivity contribution in [2.45, 2.75) is 37.5 Å². The molecule has 1 aliphatic rings. The van der Waals surface area contributed by atoms with Gasteiger partial charge in [0.1, 0.15) is 11.6 Å². The van der Waals surface area contributed by atoms with E-state index in [2.05, 4.69) is 4.72 Å². The summed E-state index contributed by atoms with van der Waals surface area (Å²) >= 11 is 0. The van der Waals surface area contributed by atoms with Gasteiger partial charge in [-0.3, -0.25) is 9.52 Å². The third kappa shape index (κ3) is 5.69. The zero-order valence-corrected chi connectivity index (χ0v) is 17.2. The Balaban J connectivity index is 1.64. The summed E-state index contributed by atoms with van der Waals surface area (Å²) in [6, 6.07) is 9.52. The van der Waals surface area contributed by atoms with Gasteiger partial charge < -0.3 is 9.64 Å². The van der Waals surface area contributed by atoms with Crippen molar-refractivity contribution in [3.05, 3.63) is 53.8 Å². The van der Waals surface area contributed by atoms with Gasteiger partial charge in [0.15, 0.2) is 6.61 Å². The number of rotatable bonds is 6. The van der Waals surface area contributed by atoms with Crippen LogP contribution in [-0.2, 0) is 14.8 Å². The average molecular weight is 421 g/mol. The number of carbonyl (C=O) groups is 1. The summed E-state index contributed by atoms with van der Waals surface area (Å²) in [5, 5.41) is 0.